The van der Waals surface area contributed by atoms with Gasteiger partial charge < -0.3 is 15.0 Å². The van der Waals surface area contributed by atoms with Crippen LogP contribution in [0.3, 0.4) is 0 Å². The van der Waals surface area contributed by atoms with E-state index in [-0.39, 0.29) is 29.8 Å². The van der Waals surface area contributed by atoms with Gasteiger partial charge in [-0.3, -0.25) is 14.6 Å². The van der Waals surface area contributed by atoms with Crippen molar-refractivity contribution in [2.24, 2.45) is 13.0 Å². The Morgan fingerprint density at radius 3 is 2.46 bits per heavy atom. The Balaban J connectivity index is 1.35. The van der Waals surface area contributed by atoms with Crippen molar-refractivity contribution >= 4 is 11.7 Å². The molecule has 37 heavy (non-hydrogen) atoms. The van der Waals surface area contributed by atoms with Crippen LogP contribution in [0.2, 0.25) is 0 Å². The van der Waals surface area contributed by atoms with Gasteiger partial charge in [0.25, 0.3) is 5.56 Å². The fraction of sp³-hybridized carbons (Fsp3) is 0.241. The first-order chi connectivity index (χ1) is 17.7. The molecule has 2 atom stereocenters. The second-order valence-electron chi connectivity index (χ2n) is 9.63. The number of halogens is 1. The van der Waals surface area contributed by atoms with Gasteiger partial charge in [0.15, 0.2) is 0 Å². The quantitative estimate of drug-likeness (QED) is 0.370. The highest BCUT2D eigenvalue weighted by molar-refractivity contribution is 5.76. The predicted molar refractivity (Wildman–Crippen MR) is 140 cm³/mol. The third-order valence-corrected chi connectivity index (χ3v) is 6.90. The number of anilines is 1. The Morgan fingerprint density at radius 2 is 1.84 bits per heavy atom. The molecule has 1 saturated carbocycles. The summed E-state index contributed by atoms with van der Waals surface area (Å²) in [5, 5.41) is 12.3. The molecule has 7 nitrogen and oxygen atoms in total. The Kier molecular flexibility index (Phi) is 6.33. The zero-order chi connectivity index (χ0) is 26.3. The minimum Gasteiger partial charge on any atom is -0.481 e. The molecule has 0 saturated heterocycles. The summed E-state index contributed by atoms with van der Waals surface area (Å²) in [7, 11) is 1.66. The number of aromatic nitrogens is 3. The number of aliphatic carboxylic acids is 1. The number of aryl methyl sites for hydroxylation is 3. The highest BCUT2D eigenvalue weighted by Crippen LogP contribution is 2.46. The van der Waals surface area contributed by atoms with Gasteiger partial charge in [0.1, 0.15) is 5.82 Å². The number of pyridine rings is 1. The van der Waals surface area contributed by atoms with Crippen LogP contribution in [-0.2, 0) is 18.4 Å². The topological polar surface area (TPSA) is 97.1 Å². The Labute approximate surface area is 213 Å². The lowest BCUT2D eigenvalue weighted by molar-refractivity contribution is -0.138. The number of nitrogens with zero attached hydrogens (tertiary/aromatic N) is 3. The van der Waals surface area contributed by atoms with Crippen molar-refractivity contribution < 1.29 is 14.3 Å². The van der Waals surface area contributed by atoms with E-state index < -0.39 is 5.97 Å². The van der Waals surface area contributed by atoms with Crippen molar-refractivity contribution in [3.05, 3.63) is 99.6 Å². The number of rotatable bonds is 7. The predicted octanol–water partition coefficient (Wildman–Crippen LogP) is 5.07. The van der Waals surface area contributed by atoms with Crippen LogP contribution in [0, 0.1) is 25.6 Å². The summed E-state index contributed by atoms with van der Waals surface area (Å²) in [5.74, 6) is -1.46. The van der Waals surface area contributed by atoms with Gasteiger partial charge in [-0.25, -0.2) is 9.37 Å². The second-order valence-corrected chi connectivity index (χ2v) is 9.63. The maximum Gasteiger partial charge on any atom is 0.307 e. The van der Waals surface area contributed by atoms with Gasteiger partial charge in [0.2, 0.25) is 0 Å². The summed E-state index contributed by atoms with van der Waals surface area (Å²) in [6.45, 7) is 4.27. The number of carboxylic acids is 1. The van der Waals surface area contributed by atoms with Crippen LogP contribution in [0.25, 0.3) is 22.4 Å². The fourth-order valence-electron chi connectivity index (χ4n) is 4.77. The van der Waals surface area contributed by atoms with Crippen LogP contribution in [0.15, 0.2) is 65.8 Å². The molecule has 2 heterocycles. The first kappa shape index (κ1) is 24.4. The number of carboxylic acid groups (broad SMARTS) is 1. The molecule has 5 rings (SSSR count). The van der Waals surface area contributed by atoms with E-state index in [0.29, 0.717) is 17.7 Å². The van der Waals surface area contributed by atoms with E-state index in [1.54, 1.807) is 19.3 Å². The summed E-state index contributed by atoms with van der Waals surface area (Å²) < 4.78 is 16.1. The maximum absolute atomic E-state index is 14.7. The molecule has 0 spiro atoms. The third-order valence-electron chi connectivity index (χ3n) is 6.90. The highest BCUT2D eigenvalue weighted by Gasteiger charge is 2.45. The normalized spacial score (nSPS) is 16.4. The van der Waals surface area contributed by atoms with Gasteiger partial charge in [-0.05, 0) is 78.9 Å². The molecule has 1 aliphatic rings. The van der Waals surface area contributed by atoms with Crippen LogP contribution in [0.4, 0.5) is 10.1 Å². The van der Waals surface area contributed by atoms with E-state index >= 15 is 0 Å². The molecular formula is C29H27FN4O3. The van der Waals surface area contributed by atoms with Crippen molar-refractivity contribution in [3.63, 3.8) is 0 Å². The number of nitrogens with one attached hydrogen (secondary N) is 1. The van der Waals surface area contributed by atoms with Crippen molar-refractivity contribution in [1.82, 2.24) is 14.5 Å². The molecule has 2 N–H and O–H groups in total. The van der Waals surface area contributed by atoms with Gasteiger partial charge in [-0.15, -0.1) is 0 Å². The average molecular weight is 499 g/mol. The largest absolute Gasteiger partial charge is 0.481 e. The van der Waals surface area contributed by atoms with Crippen LogP contribution < -0.4 is 10.9 Å². The van der Waals surface area contributed by atoms with Gasteiger partial charge in [-0.1, -0.05) is 6.07 Å². The molecule has 2 aromatic heterocycles. The van der Waals surface area contributed by atoms with Gasteiger partial charge >= 0.3 is 5.97 Å². The van der Waals surface area contributed by atoms with E-state index in [4.69, 9.17) is 5.11 Å². The van der Waals surface area contributed by atoms with E-state index in [1.807, 2.05) is 44.2 Å². The molecule has 1 aliphatic carbocycles. The van der Waals surface area contributed by atoms with Gasteiger partial charge in [0.05, 0.1) is 29.8 Å². The fourth-order valence-corrected chi connectivity index (χ4v) is 4.77. The zero-order valence-electron chi connectivity index (χ0n) is 20.8. The van der Waals surface area contributed by atoms with Gasteiger partial charge in [-0.2, -0.15) is 0 Å². The lowest BCUT2D eigenvalue weighted by Gasteiger charge is -2.15. The second kappa shape index (κ2) is 9.61. The average Bonchev–Trinajstić information content (AvgIpc) is 3.67. The molecule has 188 valence electrons. The van der Waals surface area contributed by atoms with E-state index in [2.05, 4.69) is 15.3 Å². The Hall–Kier alpha value is -4.33. The number of hydrogen-bond acceptors (Lipinski definition) is 5. The third kappa shape index (κ3) is 5.00. The molecule has 1 fully saturated rings. The van der Waals surface area contributed by atoms with Crippen LogP contribution in [0.1, 0.15) is 34.7 Å². The monoisotopic (exact) mass is 498 g/mol. The molecule has 0 amide bonds. The summed E-state index contributed by atoms with van der Waals surface area (Å²) in [6.07, 6.45) is 3.79. The molecule has 0 aliphatic heterocycles. The first-order valence-corrected chi connectivity index (χ1v) is 12.1. The summed E-state index contributed by atoms with van der Waals surface area (Å²) >= 11 is 0. The number of benzene rings is 2. The highest BCUT2D eigenvalue weighted by atomic mass is 19.1. The molecule has 0 radical (unpaired) electrons. The molecule has 4 aromatic rings. The first-order valence-electron chi connectivity index (χ1n) is 12.1. The summed E-state index contributed by atoms with van der Waals surface area (Å²) in [6, 6.07) is 14.3. The van der Waals surface area contributed by atoms with Crippen molar-refractivity contribution in [2.45, 2.75) is 32.7 Å². The van der Waals surface area contributed by atoms with Crippen LogP contribution >= 0.6 is 0 Å². The number of carbonyl (C=O) groups is 1. The van der Waals surface area contributed by atoms with E-state index in [9.17, 15) is 14.0 Å². The van der Waals surface area contributed by atoms with E-state index in [0.717, 1.165) is 39.2 Å². The summed E-state index contributed by atoms with van der Waals surface area (Å²) in [5.41, 5.74) is 7.29. The van der Waals surface area contributed by atoms with Crippen LogP contribution in [0.5, 0.6) is 0 Å². The molecule has 0 bridgehead atoms. The number of hydrogen-bond donors (Lipinski definition) is 2. The smallest absolute Gasteiger partial charge is 0.307 e. The van der Waals surface area contributed by atoms with Crippen molar-refractivity contribution in [2.75, 3.05) is 5.32 Å². The molecule has 2 aromatic carbocycles. The zero-order valence-corrected chi connectivity index (χ0v) is 20.8. The maximum atomic E-state index is 14.7. The molecule has 8 heteroatoms. The molecular weight excluding hydrogens is 471 g/mol. The lowest BCUT2D eigenvalue weighted by atomic mass is 9.91. The Bertz CT molecular complexity index is 1540. The lowest BCUT2D eigenvalue weighted by Crippen LogP contribution is -2.15. The van der Waals surface area contributed by atoms with E-state index in [1.165, 1.54) is 23.0 Å². The standard InChI is InChI=1S/C29H27FN4O3/c1-16-8-19(26-12-27(35)34(3)15-33-26)9-17(2)28(16)18-4-6-24(30)20(10-18)13-31-21-5-7-25(32-14-21)22-11-23(22)29(36)37/h4-10,12,14-15,22-23,31H,11,13H2,1-3H3,(H,36,37)/t22-,23-/m0/s1. The Morgan fingerprint density at radius 1 is 1.08 bits per heavy atom. The SMILES string of the molecule is Cc1cc(-c2cc(=O)n(C)cn2)cc(C)c1-c1ccc(F)c(CNc2ccc([C@H]3C[C@@H]3C(=O)O)nc2)c1. The minimum atomic E-state index is -0.785. The van der Waals surface area contributed by atoms with Crippen LogP contribution in [-0.4, -0.2) is 25.6 Å². The van der Waals surface area contributed by atoms with Gasteiger partial charge in [0, 0.05) is 42.4 Å². The van der Waals surface area contributed by atoms with Crippen molar-refractivity contribution in [1.29, 1.82) is 0 Å². The summed E-state index contributed by atoms with van der Waals surface area (Å²) in [4.78, 5) is 31.9. The minimum absolute atomic E-state index is 0.0263. The van der Waals surface area contributed by atoms with Crippen molar-refractivity contribution in [3.8, 4) is 22.4 Å². The molecule has 0 unspecified atom stereocenters.